The number of aromatic nitrogens is 2. The fourth-order valence-electron chi connectivity index (χ4n) is 3.81. The molecule has 2 aromatic carbocycles. The quantitative estimate of drug-likeness (QED) is 0.411. The summed E-state index contributed by atoms with van der Waals surface area (Å²) in [5.74, 6) is 2.15. The van der Waals surface area contributed by atoms with Crippen LogP contribution in [0.25, 0.3) is 11.3 Å². The Balaban J connectivity index is 1.97. The molecule has 0 saturated heterocycles. The number of methoxy groups -OCH3 is 2. The lowest BCUT2D eigenvalue weighted by atomic mass is 10.1. The zero-order valence-corrected chi connectivity index (χ0v) is 20.0. The summed E-state index contributed by atoms with van der Waals surface area (Å²) in [5, 5.41) is 15.3. The second-order valence-electron chi connectivity index (χ2n) is 8.07. The van der Waals surface area contributed by atoms with E-state index < -0.39 is 6.10 Å². The highest BCUT2D eigenvalue weighted by Crippen LogP contribution is 2.34. The van der Waals surface area contributed by atoms with Crippen LogP contribution >= 0.6 is 0 Å². The van der Waals surface area contributed by atoms with E-state index in [1.807, 2.05) is 49.5 Å². The number of nitrogens with zero attached hydrogens (tertiary/aromatic N) is 3. The molecule has 1 heterocycles. The molecule has 0 radical (unpaired) electrons. The first-order valence-electron chi connectivity index (χ1n) is 11.4. The summed E-state index contributed by atoms with van der Waals surface area (Å²) in [4.78, 5) is 2.20. The third-order valence-electron chi connectivity index (χ3n) is 5.49. The van der Waals surface area contributed by atoms with E-state index in [0.717, 1.165) is 35.4 Å². The van der Waals surface area contributed by atoms with Gasteiger partial charge < -0.3 is 19.3 Å². The molecule has 33 heavy (non-hydrogen) atoms. The van der Waals surface area contributed by atoms with Gasteiger partial charge in [0.05, 0.1) is 25.4 Å². The molecule has 0 aliphatic heterocycles. The van der Waals surface area contributed by atoms with Crippen molar-refractivity contribution >= 4 is 0 Å². The largest absolute Gasteiger partial charge is 0.497 e. The third-order valence-corrected chi connectivity index (χ3v) is 5.49. The third kappa shape index (κ3) is 6.81. The monoisotopic (exact) mass is 453 g/mol. The van der Waals surface area contributed by atoms with Crippen LogP contribution in [-0.2, 0) is 18.3 Å². The van der Waals surface area contributed by atoms with Crippen molar-refractivity contribution in [2.75, 3.05) is 33.9 Å². The number of aliphatic hydroxyl groups is 1. The van der Waals surface area contributed by atoms with Gasteiger partial charge >= 0.3 is 0 Å². The van der Waals surface area contributed by atoms with Crippen LogP contribution < -0.4 is 9.47 Å². The van der Waals surface area contributed by atoms with Gasteiger partial charge in [0.25, 0.3) is 0 Å². The fraction of sp³-hybridized carbons (Fsp3) is 0.423. The van der Waals surface area contributed by atoms with Gasteiger partial charge in [0, 0.05) is 39.4 Å². The average molecular weight is 454 g/mol. The van der Waals surface area contributed by atoms with Crippen molar-refractivity contribution < 1.29 is 19.3 Å². The van der Waals surface area contributed by atoms with Gasteiger partial charge in [-0.25, -0.2) is 4.68 Å². The van der Waals surface area contributed by atoms with Gasteiger partial charge in [0.1, 0.15) is 17.2 Å². The molecule has 0 saturated carbocycles. The summed E-state index contributed by atoms with van der Waals surface area (Å²) in [6, 6.07) is 17.6. The molecule has 1 N–H and O–H groups in total. The summed E-state index contributed by atoms with van der Waals surface area (Å²) in [5.41, 5.74) is 2.86. The van der Waals surface area contributed by atoms with E-state index in [1.54, 1.807) is 18.9 Å². The Morgan fingerprint density at radius 1 is 1.03 bits per heavy atom. The highest BCUT2D eigenvalue weighted by Gasteiger charge is 2.23. The van der Waals surface area contributed by atoms with Crippen LogP contribution in [-0.4, -0.2) is 59.8 Å². The number of aryl methyl sites for hydroxylation is 1. The lowest BCUT2D eigenvalue weighted by molar-refractivity contribution is 0.0797. The van der Waals surface area contributed by atoms with E-state index in [9.17, 15) is 5.11 Å². The molecule has 178 valence electrons. The van der Waals surface area contributed by atoms with E-state index >= 15 is 0 Å². The molecule has 3 aromatic rings. The normalized spacial score (nSPS) is 12.2. The Labute approximate surface area is 196 Å². The molecule has 0 aliphatic rings. The summed E-state index contributed by atoms with van der Waals surface area (Å²) < 4.78 is 18.7. The van der Waals surface area contributed by atoms with Crippen LogP contribution in [0.5, 0.6) is 17.4 Å². The summed E-state index contributed by atoms with van der Waals surface area (Å²) in [7, 11) is 5.22. The van der Waals surface area contributed by atoms with Gasteiger partial charge in [0.2, 0.25) is 5.88 Å². The van der Waals surface area contributed by atoms with Crippen molar-refractivity contribution in [3.63, 3.8) is 0 Å². The smallest absolute Gasteiger partial charge is 0.222 e. The van der Waals surface area contributed by atoms with Crippen LogP contribution in [0, 0.1) is 0 Å². The molecule has 7 nitrogen and oxygen atoms in total. The van der Waals surface area contributed by atoms with E-state index in [1.165, 1.54) is 0 Å². The number of hydrogen-bond acceptors (Lipinski definition) is 6. The standard InChI is InChI=1S/C26H35N3O4/c1-5-9-21(30)18-29(16-17-31-3)19-24-25(20-10-7-6-8-11-20)27-28(2)26(24)33-23-14-12-22(32-4)13-15-23/h6-8,10-15,21,30H,5,9,16-19H2,1-4H3/t21-/m0/s1. The molecule has 3 rings (SSSR count). The molecule has 0 amide bonds. The predicted molar refractivity (Wildman–Crippen MR) is 130 cm³/mol. The zero-order chi connectivity index (χ0) is 23.6. The van der Waals surface area contributed by atoms with E-state index in [-0.39, 0.29) is 0 Å². The van der Waals surface area contributed by atoms with Crippen LogP contribution in [0.4, 0.5) is 0 Å². The maximum atomic E-state index is 10.5. The lowest BCUT2D eigenvalue weighted by Gasteiger charge is -2.25. The van der Waals surface area contributed by atoms with E-state index in [0.29, 0.717) is 37.9 Å². The first-order valence-corrected chi connectivity index (χ1v) is 11.4. The van der Waals surface area contributed by atoms with Gasteiger partial charge in [-0.2, -0.15) is 5.10 Å². The number of benzene rings is 2. The zero-order valence-electron chi connectivity index (χ0n) is 20.0. The molecule has 0 spiro atoms. The maximum absolute atomic E-state index is 10.5. The minimum atomic E-state index is -0.394. The van der Waals surface area contributed by atoms with Gasteiger partial charge in [0.15, 0.2) is 0 Å². The van der Waals surface area contributed by atoms with Crippen molar-refractivity contribution in [2.45, 2.75) is 32.4 Å². The van der Waals surface area contributed by atoms with Crippen molar-refractivity contribution in [2.24, 2.45) is 7.05 Å². The average Bonchev–Trinajstić information content (AvgIpc) is 3.13. The predicted octanol–water partition coefficient (Wildman–Crippen LogP) is 4.50. The van der Waals surface area contributed by atoms with Crippen LogP contribution in [0.2, 0.25) is 0 Å². The minimum Gasteiger partial charge on any atom is -0.497 e. The minimum absolute atomic E-state index is 0.394. The number of hydrogen-bond donors (Lipinski definition) is 1. The van der Waals surface area contributed by atoms with E-state index in [2.05, 4.69) is 24.0 Å². The van der Waals surface area contributed by atoms with Crippen molar-refractivity contribution in [3.8, 4) is 28.6 Å². The first-order chi connectivity index (χ1) is 16.0. The van der Waals surface area contributed by atoms with Gasteiger partial charge in [-0.3, -0.25) is 4.90 Å². The summed E-state index contributed by atoms with van der Waals surface area (Å²) in [6.07, 6.45) is 1.31. The van der Waals surface area contributed by atoms with Crippen LogP contribution in [0.3, 0.4) is 0 Å². The molecule has 1 atom stereocenters. The molecule has 0 unspecified atom stereocenters. The number of rotatable bonds is 13. The Hall–Kier alpha value is -2.87. The maximum Gasteiger partial charge on any atom is 0.222 e. The Morgan fingerprint density at radius 2 is 1.73 bits per heavy atom. The second kappa shape index (κ2) is 12.4. The van der Waals surface area contributed by atoms with Crippen LogP contribution in [0.1, 0.15) is 25.3 Å². The molecule has 0 fully saturated rings. The number of aliphatic hydroxyl groups excluding tert-OH is 1. The fourth-order valence-corrected chi connectivity index (χ4v) is 3.81. The second-order valence-corrected chi connectivity index (χ2v) is 8.07. The Kier molecular flexibility index (Phi) is 9.30. The lowest BCUT2D eigenvalue weighted by Crippen LogP contribution is -2.34. The van der Waals surface area contributed by atoms with E-state index in [4.69, 9.17) is 19.3 Å². The molecule has 1 aromatic heterocycles. The molecule has 0 bridgehead atoms. The summed E-state index contributed by atoms with van der Waals surface area (Å²) >= 11 is 0. The topological polar surface area (TPSA) is 69.0 Å². The van der Waals surface area contributed by atoms with Gasteiger partial charge in [-0.05, 0) is 30.7 Å². The molecule has 7 heteroatoms. The highest BCUT2D eigenvalue weighted by atomic mass is 16.5. The number of ether oxygens (including phenoxy) is 3. The van der Waals surface area contributed by atoms with Crippen molar-refractivity contribution in [3.05, 3.63) is 60.2 Å². The van der Waals surface area contributed by atoms with Gasteiger partial charge in [-0.1, -0.05) is 43.7 Å². The first kappa shape index (κ1) is 24.8. The van der Waals surface area contributed by atoms with Gasteiger partial charge in [-0.15, -0.1) is 0 Å². The Morgan fingerprint density at radius 3 is 2.36 bits per heavy atom. The van der Waals surface area contributed by atoms with Crippen molar-refractivity contribution in [1.82, 2.24) is 14.7 Å². The molecular formula is C26H35N3O4. The summed E-state index contributed by atoms with van der Waals surface area (Å²) in [6.45, 7) is 4.49. The molecular weight excluding hydrogens is 418 g/mol. The molecule has 0 aliphatic carbocycles. The SMILES string of the molecule is CCC[C@H](O)CN(CCOC)Cc1c(-c2ccccc2)nn(C)c1Oc1ccc(OC)cc1. The van der Waals surface area contributed by atoms with Crippen LogP contribution in [0.15, 0.2) is 54.6 Å². The van der Waals surface area contributed by atoms with Crippen molar-refractivity contribution in [1.29, 1.82) is 0 Å². The highest BCUT2D eigenvalue weighted by molar-refractivity contribution is 5.65. The Bertz CT molecular complexity index is 973.